The summed E-state index contributed by atoms with van der Waals surface area (Å²) in [4.78, 5) is 0. The Balaban J connectivity index is 1.54. The fraction of sp³-hybridized carbons (Fsp3) is 1.00. The first-order chi connectivity index (χ1) is 8.01. The molecule has 0 spiro atoms. The van der Waals surface area contributed by atoms with Gasteiger partial charge >= 0.3 is 6.18 Å². The van der Waals surface area contributed by atoms with E-state index in [1.165, 1.54) is 32.1 Å². The van der Waals surface area contributed by atoms with Crippen molar-refractivity contribution in [3.8, 4) is 0 Å². The standard InChI is InChI=1S/C13H20F3N/c14-13(15,16)7-17-6-12-10-2-8-1-9(4-10)5-11(12)3-8/h8-12,17H,1-7H2. The molecule has 4 rings (SSSR count). The molecule has 0 amide bonds. The van der Waals surface area contributed by atoms with Crippen molar-refractivity contribution in [1.29, 1.82) is 0 Å². The molecule has 98 valence electrons. The maximum Gasteiger partial charge on any atom is 0.401 e. The maximum atomic E-state index is 12.1. The monoisotopic (exact) mass is 247 g/mol. The van der Waals surface area contributed by atoms with Gasteiger partial charge in [0, 0.05) is 0 Å². The molecular weight excluding hydrogens is 227 g/mol. The normalized spacial score (nSPS) is 44.3. The molecule has 0 radical (unpaired) electrons. The van der Waals surface area contributed by atoms with Crippen LogP contribution in [0.15, 0.2) is 0 Å². The second-order valence-electron chi connectivity index (χ2n) is 6.34. The Morgan fingerprint density at radius 1 is 0.882 bits per heavy atom. The predicted molar refractivity (Wildman–Crippen MR) is 59.5 cm³/mol. The van der Waals surface area contributed by atoms with Crippen LogP contribution in [-0.2, 0) is 0 Å². The number of halogens is 3. The van der Waals surface area contributed by atoms with Crippen LogP contribution < -0.4 is 5.32 Å². The molecule has 4 aliphatic carbocycles. The predicted octanol–water partition coefficient (Wildman–Crippen LogP) is 3.21. The van der Waals surface area contributed by atoms with Crippen molar-refractivity contribution in [2.45, 2.75) is 38.3 Å². The number of rotatable bonds is 3. The van der Waals surface area contributed by atoms with Gasteiger partial charge in [0.1, 0.15) is 0 Å². The lowest BCUT2D eigenvalue weighted by molar-refractivity contribution is -0.127. The van der Waals surface area contributed by atoms with Crippen molar-refractivity contribution >= 4 is 0 Å². The van der Waals surface area contributed by atoms with Crippen LogP contribution in [0.25, 0.3) is 0 Å². The summed E-state index contributed by atoms with van der Waals surface area (Å²) in [6.07, 6.45) is 2.47. The van der Waals surface area contributed by atoms with E-state index < -0.39 is 12.7 Å². The van der Waals surface area contributed by atoms with E-state index in [0.717, 1.165) is 11.8 Å². The highest BCUT2D eigenvalue weighted by Crippen LogP contribution is 2.56. The Morgan fingerprint density at radius 2 is 1.41 bits per heavy atom. The number of nitrogens with one attached hydrogen (secondary N) is 1. The van der Waals surface area contributed by atoms with Gasteiger partial charge in [-0.25, -0.2) is 0 Å². The van der Waals surface area contributed by atoms with Crippen molar-refractivity contribution in [3.05, 3.63) is 0 Å². The summed E-state index contributed by atoms with van der Waals surface area (Å²) in [7, 11) is 0. The summed E-state index contributed by atoms with van der Waals surface area (Å²) in [6.45, 7) is -0.246. The van der Waals surface area contributed by atoms with Crippen molar-refractivity contribution in [1.82, 2.24) is 5.32 Å². The van der Waals surface area contributed by atoms with E-state index >= 15 is 0 Å². The average Bonchev–Trinajstić information content (AvgIpc) is 2.19. The SMILES string of the molecule is FC(F)(F)CNCC1C2CC3CC(C2)CC1C3. The molecule has 4 saturated carbocycles. The third-order valence-corrected chi connectivity index (χ3v) is 5.13. The molecule has 1 N–H and O–H groups in total. The van der Waals surface area contributed by atoms with Gasteiger partial charge in [-0.1, -0.05) is 0 Å². The van der Waals surface area contributed by atoms with Crippen LogP contribution in [0.5, 0.6) is 0 Å². The van der Waals surface area contributed by atoms with Gasteiger partial charge in [0.05, 0.1) is 6.54 Å². The van der Waals surface area contributed by atoms with Gasteiger partial charge in [-0.3, -0.25) is 0 Å². The molecule has 0 aromatic heterocycles. The van der Waals surface area contributed by atoms with Gasteiger partial charge < -0.3 is 5.32 Å². The van der Waals surface area contributed by atoms with E-state index in [0.29, 0.717) is 24.3 Å². The molecule has 1 nitrogen and oxygen atoms in total. The number of hydrogen-bond acceptors (Lipinski definition) is 1. The summed E-state index contributed by atoms with van der Waals surface area (Å²) in [5, 5.41) is 2.63. The smallest absolute Gasteiger partial charge is 0.308 e. The molecule has 4 fully saturated rings. The molecule has 17 heavy (non-hydrogen) atoms. The van der Waals surface area contributed by atoms with E-state index in [2.05, 4.69) is 5.32 Å². The van der Waals surface area contributed by atoms with Crippen molar-refractivity contribution in [3.63, 3.8) is 0 Å². The third kappa shape index (κ3) is 2.47. The molecule has 0 unspecified atom stereocenters. The van der Waals surface area contributed by atoms with Crippen molar-refractivity contribution in [2.24, 2.45) is 29.6 Å². The topological polar surface area (TPSA) is 12.0 Å². The minimum Gasteiger partial charge on any atom is -0.308 e. The largest absolute Gasteiger partial charge is 0.401 e. The van der Waals surface area contributed by atoms with E-state index in [1.807, 2.05) is 0 Å². The van der Waals surface area contributed by atoms with Crippen LogP contribution in [0.1, 0.15) is 32.1 Å². The first-order valence-corrected chi connectivity index (χ1v) is 6.79. The van der Waals surface area contributed by atoms with Crippen LogP contribution in [-0.4, -0.2) is 19.3 Å². The fourth-order valence-corrected chi connectivity index (χ4v) is 4.75. The fourth-order valence-electron chi connectivity index (χ4n) is 4.75. The van der Waals surface area contributed by atoms with Crippen LogP contribution in [0, 0.1) is 29.6 Å². The van der Waals surface area contributed by atoms with Crippen LogP contribution >= 0.6 is 0 Å². The molecule has 4 bridgehead atoms. The van der Waals surface area contributed by atoms with Gasteiger partial charge in [-0.2, -0.15) is 13.2 Å². The second-order valence-corrected chi connectivity index (χ2v) is 6.34. The summed E-state index contributed by atoms with van der Waals surface area (Å²) >= 11 is 0. The molecule has 0 atom stereocenters. The van der Waals surface area contributed by atoms with Crippen LogP contribution in [0.4, 0.5) is 13.2 Å². The lowest BCUT2D eigenvalue weighted by Gasteiger charge is -2.54. The van der Waals surface area contributed by atoms with Crippen molar-refractivity contribution in [2.75, 3.05) is 13.1 Å². The lowest BCUT2D eigenvalue weighted by atomic mass is 9.52. The maximum absolute atomic E-state index is 12.1. The van der Waals surface area contributed by atoms with Gasteiger partial charge in [0.2, 0.25) is 0 Å². The Morgan fingerprint density at radius 3 is 1.88 bits per heavy atom. The molecule has 0 heterocycles. The van der Waals surface area contributed by atoms with E-state index in [9.17, 15) is 13.2 Å². The molecule has 4 aliphatic rings. The van der Waals surface area contributed by atoms with Crippen LogP contribution in [0.3, 0.4) is 0 Å². The highest BCUT2D eigenvalue weighted by Gasteiger charge is 2.47. The third-order valence-electron chi connectivity index (χ3n) is 5.13. The molecular formula is C13H20F3N. The minimum absolute atomic E-state index is 0.519. The number of alkyl halides is 3. The molecule has 0 aliphatic heterocycles. The zero-order chi connectivity index (χ0) is 12.0. The minimum atomic E-state index is -4.06. The Hall–Kier alpha value is -0.250. The van der Waals surface area contributed by atoms with Gasteiger partial charge in [-0.15, -0.1) is 0 Å². The summed E-state index contributed by atoms with van der Waals surface area (Å²) in [5.74, 6) is 3.75. The van der Waals surface area contributed by atoms with Gasteiger partial charge in [-0.05, 0) is 68.2 Å². The van der Waals surface area contributed by atoms with E-state index in [-0.39, 0.29) is 0 Å². The first kappa shape index (κ1) is 11.8. The van der Waals surface area contributed by atoms with E-state index in [1.54, 1.807) is 0 Å². The number of hydrogen-bond donors (Lipinski definition) is 1. The Labute approximate surface area is 100 Å². The Bertz CT molecular complexity index is 259. The molecule has 0 aromatic carbocycles. The lowest BCUT2D eigenvalue weighted by Crippen LogP contribution is -2.49. The summed E-state index contributed by atoms with van der Waals surface area (Å²) < 4.78 is 36.3. The van der Waals surface area contributed by atoms with Crippen molar-refractivity contribution < 1.29 is 13.2 Å². The zero-order valence-electron chi connectivity index (χ0n) is 9.97. The Kier molecular flexibility index (Phi) is 2.88. The molecule has 0 aromatic rings. The quantitative estimate of drug-likeness (QED) is 0.807. The van der Waals surface area contributed by atoms with Crippen LogP contribution in [0.2, 0.25) is 0 Å². The summed E-state index contributed by atoms with van der Waals surface area (Å²) in [6, 6.07) is 0. The van der Waals surface area contributed by atoms with Gasteiger partial charge in [0.15, 0.2) is 0 Å². The van der Waals surface area contributed by atoms with E-state index in [4.69, 9.17) is 0 Å². The van der Waals surface area contributed by atoms with Gasteiger partial charge in [0.25, 0.3) is 0 Å². The molecule has 0 saturated heterocycles. The zero-order valence-corrected chi connectivity index (χ0v) is 9.97. The summed E-state index contributed by atoms with van der Waals surface area (Å²) in [5.41, 5.74) is 0. The molecule has 4 heteroatoms. The average molecular weight is 247 g/mol. The first-order valence-electron chi connectivity index (χ1n) is 6.79. The highest BCUT2D eigenvalue weighted by atomic mass is 19.4. The second kappa shape index (κ2) is 4.15. The highest BCUT2D eigenvalue weighted by molar-refractivity contribution is 4.98.